The first kappa shape index (κ1) is 26.2. The Balaban J connectivity index is 1.26. The zero-order chi connectivity index (χ0) is 30.3. The number of benzene rings is 7. The van der Waals surface area contributed by atoms with Gasteiger partial charge in [0, 0.05) is 16.1 Å². The number of hydrogen-bond acceptors (Lipinski definition) is 2. The van der Waals surface area contributed by atoms with Gasteiger partial charge in [-0.05, 0) is 98.9 Å². The van der Waals surface area contributed by atoms with E-state index < -0.39 is 7.14 Å². The summed E-state index contributed by atoms with van der Waals surface area (Å²) >= 11 is 0. The average Bonchev–Trinajstić information content (AvgIpc) is 3.46. The molecule has 3 nitrogen and oxygen atoms in total. The van der Waals surface area contributed by atoms with Gasteiger partial charge in [-0.3, -0.25) is 4.40 Å². The van der Waals surface area contributed by atoms with Crippen LogP contribution in [0.5, 0.6) is 0 Å². The van der Waals surface area contributed by atoms with Crippen LogP contribution in [0.1, 0.15) is 0 Å². The third-order valence-electron chi connectivity index (χ3n) is 9.21. The van der Waals surface area contributed by atoms with Gasteiger partial charge >= 0.3 is 0 Å². The summed E-state index contributed by atoms with van der Waals surface area (Å²) in [6.07, 6.45) is 0. The molecule has 0 unspecified atom stereocenters. The average molecular weight is 597 g/mol. The molecular weight excluding hydrogens is 567 g/mol. The highest BCUT2D eigenvalue weighted by Gasteiger charge is 2.16. The van der Waals surface area contributed by atoms with Crippen LogP contribution in [0.3, 0.4) is 0 Å². The molecule has 4 heteroatoms. The van der Waals surface area contributed by atoms with Crippen LogP contribution in [0.4, 0.5) is 0 Å². The lowest BCUT2D eigenvalue weighted by atomic mass is 9.98. The summed E-state index contributed by atoms with van der Waals surface area (Å²) in [4.78, 5) is 5.25. The Hall–Kier alpha value is -5.24. The molecule has 0 aliphatic rings. The number of hydrogen-bond donors (Lipinski definition) is 0. The fourth-order valence-electron chi connectivity index (χ4n) is 6.84. The van der Waals surface area contributed by atoms with Crippen molar-refractivity contribution in [3.63, 3.8) is 0 Å². The molecule has 2 aromatic heterocycles. The van der Waals surface area contributed by atoms with Crippen molar-refractivity contribution in [2.75, 3.05) is 13.3 Å². The molecule has 0 aliphatic heterocycles. The molecule has 0 saturated heterocycles. The molecule has 0 N–H and O–H groups in total. The van der Waals surface area contributed by atoms with Gasteiger partial charge in [-0.25, -0.2) is 4.98 Å². The smallest absolute Gasteiger partial charge is 0.146 e. The van der Waals surface area contributed by atoms with E-state index in [1.54, 1.807) is 0 Å². The third-order valence-corrected chi connectivity index (χ3v) is 10.7. The van der Waals surface area contributed by atoms with E-state index >= 15 is 0 Å². The molecule has 0 spiro atoms. The maximum absolute atomic E-state index is 12.7. The normalized spacial score (nSPS) is 12.3. The Labute approximate surface area is 260 Å². The Morgan fingerprint density at radius 2 is 1.07 bits per heavy atom. The summed E-state index contributed by atoms with van der Waals surface area (Å²) in [5, 5.41) is 9.19. The van der Waals surface area contributed by atoms with Crippen LogP contribution < -0.4 is 5.30 Å². The third kappa shape index (κ3) is 4.19. The molecule has 45 heavy (non-hydrogen) atoms. The van der Waals surface area contributed by atoms with Crippen LogP contribution in [0.2, 0.25) is 0 Å². The second-order valence-corrected chi connectivity index (χ2v) is 15.6. The van der Waals surface area contributed by atoms with Crippen molar-refractivity contribution in [2.24, 2.45) is 0 Å². The maximum Gasteiger partial charge on any atom is 0.146 e. The Bertz CT molecular complexity index is 2710. The molecular formula is C41H29N2OP. The predicted molar refractivity (Wildman–Crippen MR) is 193 cm³/mol. The molecule has 9 aromatic rings. The lowest BCUT2D eigenvalue weighted by Gasteiger charge is -2.12. The van der Waals surface area contributed by atoms with Gasteiger partial charge in [0.2, 0.25) is 0 Å². The monoisotopic (exact) mass is 596 g/mol. The van der Waals surface area contributed by atoms with Crippen LogP contribution in [-0.2, 0) is 4.57 Å². The molecule has 2 heterocycles. The molecule has 9 rings (SSSR count). The summed E-state index contributed by atoms with van der Waals surface area (Å²) in [6, 6.07) is 49.9. The Morgan fingerprint density at radius 1 is 0.489 bits per heavy atom. The van der Waals surface area contributed by atoms with Crippen molar-refractivity contribution >= 4 is 72.3 Å². The summed E-state index contributed by atoms with van der Waals surface area (Å²) in [6.45, 7) is 3.65. The van der Waals surface area contributed by atoms with Crippen molar-refractivity contribution in [3.8, 4) is 22.3 Å². The topological polar surface area (TPSA) is 34.4 Å². The number of pyridine rings is 1. The van der Waals surface area contributed by atoms with Gasteiger partial charge in [0.25, 0.3) is 0 Å². The van der Waals surface area contributed by atoms with Crippen LogP contribution >= 0.6 is 7.14 Å². The fourth-order valence-corrected chi connectivity index (χ4v) is 7.72. The number of imidazole rings is 1. The number of aromatic nitrogens is 2. The zero-order valence-electron chi connectivity index (χ0n) is 25.0. The van der Waals surface area contributed by atoms with Gasteiger partial charge < -0.3 is 4.57 Å². The van der Waals surface area contributed by atoms with E-state index in [1.165, 1.54) is 27.1 Å². The molecule has 0 amide bonds. The van der Waals surface area contributed by atoms with E-state index in [2.05, 4.69) is 138 Å². The standard InChI is InChI=1S/C41H29N2OP/c1-45(2,44)34-18-15-30-22-29(13-14-31(30)23-34)33-16-19-36-35-9-5-6-10-37(35)41-42-38-24-32(17-20-39(38)43(41)40(36)25-33)28-12-11-26-7-3-4-8-27(26)21-28/h3-25H,1-2H3. The van der Waals surface area contributed by atoms with Gasteiger partial charge in [0.15, 0.2) is 0 Å². The molecule has 0 aliphatic carbocycles. The van der Waals surface area contributed by atoms with E-state index in [0.717, 1.165) is 60.4 Å². The highest BCUT2D eigenvalue weighted by Crippen LogP contribution is 2.38. The molecule has 7 aromatic carbocycles. The first-order chi connectivity index (χ1) is 21.9. The van der Waals surface area contributed by atoms with E-state index in [-0.39, 0.29) is 0 Å². The van der Waals surface area contributed by atoms with Crippen LogP contribution in [0, 0.1) is 0 Å². The number of nitrogens with zero attached hydrogens (tertiary/aromatic N) is 2. The molecule has 0 saturated carbocycles. The first-order valence-corrected chi connectivity index (χ1v) is 17.9. The lowest BCUT2D eigenvalue weighted by Crippen LogP contribution is -2.01. The first-order valence-electron chi connectivity index (χ1n) is 15.3. The van der Waals surface area contributed by atoms with E-state index in [0.29, 0.717) is 0 Å². The van der Waals surface area contributed by atoms with Gasteiger partial charge in [-0.1, -0.05) is 103 Å². The minimum atomic E-state index is -2.32. The van der Waals surface area contributed by atoms with Crippen molar-refractivity contribution in [1.82, 2.24) is 9.38 Å². The zero-order valence-corrected chi connectivity index (χ0v) is 25.9. The van der Waals surface area contributed by atoms with Crippen LogP contribution in [0.15, 0.2) is 140 Å². The van der Waals surface area contributed by atoms with Crippen LogP contribution in [0.25, 0.3) is 82.2 Å². The highest BCUT2D eigenvalue weighted by molar-refractivity contribution is 7.70. The summed E-state index contributed by atoms with van der Waals surface area (Å²) in [7, 11) is -2.32. The van der Waals surface area contributed by atoms with E-state index in [4.69, 9.17) is 4.98 Å². The summed E-state index contributed by atoms with van der Waals surface area (Å²) in [5.74, 6) is 0. The van der Waals surface area contributed by atoms with E-state index in [9.17, 15) is 4.57 Å². The quantitative estimate of drug-likeness (QED) is 0.150. The molecule has 0 atom stereocenters. The van der Waals surface area contributed by atoms with Crippen molar-refractivity contribution in [1.29, 1.82) is 0 Å². The lowest BCUT2D eigenvalue weighted by molar-refractivity contribution is 0.588. The highest BCUT2D eigenvalue weighted by atomic mass is 31.2. The molecule has 214 valence electrons. The van der Waals surface area contributed by atoms with Crippen molar-refractivity contribution in [3.05, 3.63) is 140 Å². The van der Waals surface area contributed by atoms with Gasteiger partial charge in [-0.2, -0.15) is 0 Å². The Kier molecular flexibility index (Phi) is 5.60. The molecule has 0 radical (unpaired) electrons. The van der Waals surface area contributed by atoms with Crippen molar-refractivity contribution in [2.45, 2.75) is 0 Å². The molecule has 0 fully saturated rings. The minimum absolute atomic E-state index is 0.915. The van der Waals surface area contributed by atoms with Gasteiger partial charge in [-0.15, -0.1) is 0 Å². The SMILES string of the molecule is CP(C)(=O)c1ccc2cc(-c3ccc4c5ccccc5c5nc6cc(-c7ccc8ccccc8c7)ccc6n5c4c3)ccc2c1. The second-order valence-electron chi connectivity index (χ2n) is 12.4. The fraction of sp³-hybridized carbons (Fsp3) is 0.0488. The second kappa shape index (κ2) is 9.63. The number of rotatable bonds is 3. The van der Waals surface area contributed by atoms with Gasteiger partial charge in [0.05, 0.1) is 16.6 Å². The minimum Gasteiger partial charge on any atom is -0.319 e. The largest absolute Gasteiger partial charge is 0.319 e. The van der Waals surface area contributed by atoms with Crippen LogP contribution in [-0.4, -0.2) is 22.7 Å². The number of fused-ring (bicyclic) bond motifs is 10. The van der Waals surface area contributed by atoms with Crippen molar-refractivity contribution < 1.29 is 4.57 Å². The van der Waals surface area contributed by atoms with E-state index in [1.807, 2.05) is 19.4 Å². The van der Waals surface area contributed by atoms with Gasteiger partial charge in [0.1, 0.15) is 12.8 Å². The Morgan fingerprint density at radius 3 is 1.87 bits per heavy atom. The predicted octanol–water partition coefficient (Wildman–Crippen LogP) is 10.7. The summed E-state index contributed by atoms with van der Waals surface area (Å²) < 4.78 is 15.0. The summed E-state index contributed by atoms with van der Waals surface area (Å²) in [5.41, 5.74) is 8.83. The molecule has 0 bridgehead atoms. The maximum atomic E-state index is 12.7.